The number of rotatable bonds is 6. The topological polar surface area (TPSA) is 24.5 Å². The van der Waals surface area contributed by atoms with Gasteiger partial charge in [0.1, 0.15) is 12.4 Å². The summed E-state index contributed by atoms with van der Waals surface area (Å²) in [6.07, 6.45) is 0. The fourth-order valence-corrected chi connectivity index (χ4v) is 2.67. The smallest absolute Gasteiger partial charge is 0.119 e. The summed E-state index contributed by atoms with van der Waals surface area (Å²) in [6, 6.07) is 8.33. The molecule has 2 unspecified atom stereocenters. The Morgan fingerprint density at radius 1 is 1.26 bits per heavy atom. The second-order valence-electron chi connectivity index (χ2n) is 5.74. The van der Waals surface area contributed by atoms with Gasteiger partial charge in [0, 0.05) is 26.2 Å². The van der Waals surface area contributed by atoms with Crippen molar-refractivity contribution in [2.75, 3.05) is 33.3 Å². The van der Waals surface area contributed by atoms with E-state index in [2.05, 4.69) is 42.3 Å². The predicted molar refractivity (Wildman–Crippen MR) is 79.5 cm³/mol. The van der Waals surface area contributed by atoms with Crippen molar-refractivity contribution in [3.8, 4) is 5.75 Å². The van der Waals surface area contributed by atoms with E-state index in [1.807, 2.05) is 13.1 Å². The molecule has 1 fully saturated rings. The highest BCUT2D eigenvalue weighted by atomic mass is 16.5. The molecule has 0 aliphatic carbocycles. The maximum atomic E-state index is 5.86. The van der Waals surface area contributed by atoms with Crippen LogP contribution < -0.4 is 10.1 Å². The Balaban J connectivity index is 1.75. The molecular weight excluding hydrogens is 236 g/mol. The van der Waals surface area contributed by atoms with E-state index in [1.165, 1.54) is 18.7 Å². The van der Waals surface area contributed by atoms with Crippen LogP contribution in [0, 0.1) is 11.8 Å². The van der Waals surface area contributed by atoms with E-state index in [0.717, 1.165) is 37.3 Å². The van der Waals surface area contributed by atoms with Crippen molar-refractivity contribution in [3.05, 3.63) is 29.8 Å². The maximum absolute atomic E-state index is 5.86. The normalized spacial score (nSPS) is 23.7. The first-order valence-corrected chi connectivity index (χ1v) is 7.27. The molecule has 2 rings (SSSR count). The van der Waals surface area contributed by atoms with Gasteiger partial charge in [-0.05, 0) is 36.6 Å². The minimum absolute atomic E-state index is 0.780. The zero-order valence-corrected chi connectivity index (χ0v) is 12.4. The number of ether oxygens (including phenoxy) is 1. The summed E-state index contributed by atoms with van der Waals surface area (Å²) in [4.78, 5) is 2.51. The lowest BCUT2D eigenvalue weighted by molar-refractivity contribution is 0.232. The van der Waals surface area contributed by atoms with E-state index in [-0.39, 0.29) is 0 Å². The Morgan fingerprint density at radius 3 is 2.68 bits per heavy atom. The first-order valence-electron chi connectivity index (χ1n) is 7.27. The van der Waals surface area contributed by atoms with Crippen LogP contribution in [0.25, 0.3) is 0 Å². The summed E-state index contributed by atoms with van der Waals surface area (Å²) in [5.74, 6) is 2.62. The average Bonchev–Trinajstić information content (AvgIpc) is 2.70. The summed E-state index contributed by atoms with van der Waals surface area (Å²) in [5, 5.41) is 3.16. The Labute approximate surface area is 116 Å². The molecule has 1 heterocycles. The van der Waals surface area contributed by atoms with Gasteiger partial charge in [-0.3, -0.25) is 4.90 Å². The van der Waals surface area contributed by atoms with Gasteiger partial charge in [0.05, 0.1) is 0 Å². The lowest BCUT2D eigenvalue weighted by atomic mass is 10.0. The lowest BCUT2D eigenvalue weighted by Crippen LogP contribution is -2.26. The Hall–Kier alpha value is -1.06. The van der Waals surface area contributed by atoms with Gasteiger partial charge in [-0.1, -0.05) is 26.0 Å². The number of likely N-dealkylation sites (tertiary alicyclic amines) is 1. The van der Waals surface area contributed by atoms with Crippen molar-refractivity contribution < 1.29 is 4.74 Å². The standard InChI is InChI=1S/C16H26N2O/c1-13-11-18(12-14(13)2)7-8-19-16-6-4-5-15(9-16)10-17-3/h4-6,9,13-14,17H,7-8,10-12H2,1-3H3. The van der Waals surface area contributed by atoms with Crippen molar-refractivity contribution in [1.29, 1.82) is 0 Å². The van der Waals surface area contributed by atoms with E-state index in [4.69, 9.17) is 4.74 Å². The number of nitrogens with one attached hydrogen (secondary N) is 1. The van der Waals surface area contributed by atoms with Crippen LogP contribution in [0.3, 0.4) is 0 Å². The highest BCUT2D eigenvalue weighted by Gasteiger charge is 2.25. The Bertz CT molecular complexity index is 384. The third-order valence-corrected chi connectivity index (χ3v) is 4.02. The van der Waals surface area contributed by atoms with E-state index >= 15 is 0 Å². The fourth-order valence-electron chi connectivity index (χ4n) is 2.67. The molecule has 106 valence electrons. The van der Waals surface area contributed by atoms with E-state index in [9.17, 15) is 0 Å². The van der Waals surface area contributed by atoms with Crippen LogP contribution in [0.15, 0.2) is 24.3 Å². The first kappa shape index (κ1) is 14.4. The highest BCUT2D eigenvalue weighted by Crippen LogP contribution is 2.21. The van der Waals surface area contributed by atoms with Crippen molar-refractivity contribution in [2.45, 2.75) is 20.4 Å². The zero-order valence-electron chi connectivity index (χ0n) is 12.4. The van der Waals surface area contributed by atoms with Gasteiger partial charge in [0.2, 0.25) is 0 Å². The molecule has 0 spiro atoms. The SMILES string of the molecule is CNCc1cccc(OCCN2CC(C)C(C)C2)c1. The van der Waals surface area contributed by atoms with Crippen molar-refractivity contribution in [3.63, 3.8) is 0 Å². The number of hydrogen-bond acceptors (Lipinski definition) is 3. The van der Waals surface area contributed by atoms with Gasteiger partial charge >= 0.3 is 0 Å². The molecule has 1 aliphatic rings. The molecule has 0 saturated carbocycles. The van der Waals surface area contributed by atoms with Crippen molar-refractivity contribution in [1.82, 2.24) is 10.2 Å². The predicted octanol–water partition coefficient (Wildman–Crippen LogP) is 2.37. The summed E-state index contributed by atoms with van der Waals surface area (Å²) in [7, 11) is 1.96. The monoisotopic (exact) mass is 262 g/mol. The van der Waals surface area contributed by atoms with Crippen LogP contribution in [0.5, 0.6) is 5.75 Å². The third kappa shape index (κ3) is 4.22. The quantitative estimate of drug-likeness (QED) is 0.852. The third-order valence-electron chi connectivity index (χ3n) is 4.02. The van der Waals surface area contributed by atoms with Gasteiger partial charge in [0.25, 0.3) is 0 Å². The molecular formula is C16H26N2O. The van der Waals surface area contributed by atoms with Gasteiger partial charge in [-0.15, -0.1) is 0 Å². The number of hydrogen-bond donors (Lipinski definition) is 1. The van der Waals surface area contributed by atoms with Gasteiger partial charge in [-0.25, -0.2) is 0 Å². The second-order valence-corrected chi connectivity index (χ2v) is 5.74. The summed E-state index contributed by atoms with van der Waals surface area (Å²) >= 11 is 0. The van der Waals surface area contributed by atoms with Gasteiger partial charge < -0.3 is 10.1 Å². The van der Waals surface area contributed by atoms with Crippen molar-refractivity contribution >= 4 is 0 Å². The average molecular weight is 262 g/mol. The minimum Gasteiger partial charge on any atom is -0.492 e. The second kappa shape index (κ2) is 6.92. The van der Waals surface area contributed by atoms with E-state index in [0.29, 0.717) is 0 Å². The van der Waals surface area contributed by atoms with Gasteiger partial charge in [0.15, 0.2) is 0 Å². The zero-order chi connectivity index (χ0) is 13.7. The Morgan fingerprint density at radius 2 is 2.00 bits per heavy atom. The fraction of sp³-hybridized carbons (Fsp3) is 0.625. The number of benzene rings is 1. The van der Waals surface area contributed by atoms with Crippen LogP contribution >= 0.6 is 0 Å². The van der Waals surface area contributed by atoms with E-state index < -0.39 is 0 Å². The molecule has 0 bridgehead atoms. The molecule has 1 saturated heterocycles. The molecule has 1 aliphatic heterocycles. The molecule has 1 aromatic carbocycles. The molecule has 19 heavy (non-hydrogen) atoms. The summed E-state index contributed by atoms with van der Waals surface area (Å²) in [6.45, 7) is 9.81. The molecule has 0 radical (unpaired) electrons. The molecule has 1 N–H and O–H groups in total. The van der Waals surface area contributed by atoms with Crippen LogP contribution in [-0.2, 0) is 6.54 Å². The molecule has 1 aromatic rings. The summed E-state index contributed by atoms with van der Waals surface area (Å²) in [5.41, 5.74) is 1.27. The van der Waals surface area contributed by atoms with Gasteiger partial charge in [-0.2, -0.15) is 0 Å². The van der Waals surface area contributed by atoms with Crippen LogP contribution in [0.1, 0.15) is 19.4 Å². The lowest BCUT2D eigenvalue weighted by Gasteiger charge is -2.16. The van der Waals surface area contributed by atoms with Crippen LogP contribution in [-0.4, -0.2) is 38.2 Å². The first-order chi connectivity index (χ1) is 9.19. The molecule has 3 heteroatoms. The minimum atomic E-state index is 0.780. The highest BCUT2D eigenvalue weighted by molar-refractivity contribution is 5.28. The Kier molecular flexibility index (Phi) is 5.23. The molecule has 3 nitrogen and oxygen atoms in total. The molecule has 2 atom stereocenters. The number of nitrogens with zero attached hydrogens (tertiary/aromatic N) is 1. The van der Waals surface area contributed by atoms with E-state index in [1.54, 1.807) is 0 Å². The molecule has 0 aromatic heterocycles. The molecule has 0 amide bonds. The summed E-state index contributed by atoms with van der Waals surface area (Å²) < 4.78 is 5.86. The van der Waals surface area contributed by atoms with Crippen LogP contribution in [0.4, 0.5) is 0 Å². The van der Waals surface area contributed by atoms with Crippen LogP contribution in [0.2, 0.25) is 0 Å². The largest absolute Gasteiger partial charge is 0.492 e. The van der Waals surface area contributed by atoms with Crippen molar-refractivity contribution in [2.24, 2.45) is 11.8 Å². The maximum Gasteiger partial charge on any atom is 0.119 e.